The number of carbonyl (C=O) groups is 2. The van der Waals surface area contributed by atoms with Gasteiger partial charge in [0.25, 0.3) is 0 Å². The first-order chi connectivity index (χ1) is 22.4. The summed E-state index contributed by atoms with van der Waals surface area (Å²) in [4.78, 5) is 31.2. The van der Waals surface area contributed by atoms with Crippen LogP contribution in [0.1, 0.15) is 48.1 Å². The summed E-state index contributed by atoms with van der Waals surface area (Å²) < 4.78 is 74.0. The van der Waals surface area contributed by atoms with Gasteiger partial charge in [0.1, 0.15) is 13.2 Å². The van der Waals surface area contributed by atoms with Gasteiger partial charge in [-0.05, 0) is 61.9 Å². The molecule has 0 saturated carbocycles. The molecule has 0 spiro atoms. The first kappa shape index (κ1) is 35.0. The summed E-state index contributed by atoms with van der Waals surface area (Å²) in [6.07, 6.45) is 6.35. The van der Waals surface area contributed by atoms with E-state index < -0.39 is 27.6 Å². The highest BCUT2D eigenvalue weighted by atomic mass is 32.2. The number of rotatable bonds is 7. The summed E-state index contributed by atoms with van der Waals surface area (Å²) in [6, 6.07) is 22.3. The Kier molecular flexibility index (Phi) is 12.0. The Balaban J connectivity index is 0.000000213. The number of amides is 2. The minimum Gasteiger partial charge on any atom is -0.444 e. The van der Waals surface area contributed by atoms with Crippen molar-refractivity contribution >= 4 is 28.0 Å². The predicted octanol–water partition coefficient (Wildman–Crippen LogP) is 7.29. The number of benzene rings is 2. The van der Waals surface area contributed by atoms with E-state index in [1.54, 1.807) is 35.2 Å². The number of halogens is 3. The molecular weight excluding hydrogens is 639 g/mol. The van der Waals surface area contributed by atoms with E-state index in [1.807, 2.05) is 55.6 Å². The monoisotopic (exact) mass is 673 g/mol. The molecule has 250 valence electrons. The van der Waals surface area contributed by atoms with Crippen molar-refractivity contribution in [2.45, 2.75) is 51.3 Å². The SMILES string of the molecule is Cc1ccc(C2=CCCCN2C(=O)OCc2ccccc2)cn1.O=C(OCc1ccccc1)N1CCCC=C1OS(=O)(=O)C(F)(F)F. The van der Waals surface area contributed by atoms with E-state index in [1.165, 1.54) is 0 Å². The number of hydrogen-bond acceptors (Lipinski definition) is 8. The van der Waals surface area contributed by atoms with Crippen molar-refractivity contribution in [2.75, 3.05) is 13.1 Å². The topological polar surface area (TPSA) is 115 Å². The first-order valence-electron chi connectivity index (χ1n) is 14.7. The first-order valence-corrected chi connectivity index (χ1v) is 16.2. The van der Waals surface area contributed by atoms with Crippen LogP contribution in [0.2, 0.25) is 0 Å². The highest BCUT2D eigenvalue weighted by Crippen LogP contribution is 2.29. The molecule has 10 nitrogen and oxygen atoms in total. The summed E-state index contributed by atoms with van der Waals surface area (Å²) in [5, 5.41) is 0. The van der Waals surface area contributed by atoms with Crippen LogP contribution in [0.4, 0.5) is 22.8 Å². The Bertz CT molecular complexity index is 1660. The fraction of sp³-hybridized carbons (Fsp3) is 0.303. The molecule has 2 aliphatic rings. The van der Waals surface area contributed by atoms with E-state index >= 15 is 0 Å². The van der Waals surface area contributed by atoms with Crippen LogP contribution in [-0.4, -0.2) is 54.0 Å². The quantitative estimate of drug-likeness (QED) is 0.190. The zero-order valence-electron chi connectivity index (χ0n) is 25.6. The molecule has 2 amide bonds. The molecule has 1 aromatic heterocycles. The van der Waals surface area contributed by atoms with Crippen molar-refractivity contribution in [3.63, 3.8) is 0 Å². The zero-order valence-corrected chi connectivity index (χ0v) is 26.4. The molecule has 0 N–H and O–H groups in total. The van der Waals surface area contributed by atoms with Gasteiger partial charge in [0.2, 0.25) is 5.88 Å². The molecule has 3 heterocycles. The molecule has 0 fully saturated rings. The van der Waals surface area contributed by atoms with E-state index in [4.69, 9.17) is 9.47 Å². The number of pyridine rings is 1. The van der Waals surface area contributed by atoms with Crippen LogP contribution in [0, 0.1) is 6.92 Å². The fourth-order valence-corrected chi connectivity index (χ4v) is 4.99. The molecule has 14 heteroatoms. The highest BCUT2D eigenvalue weighted by molar-refractivity contribution is 7.87. The fourth-order valence-electron chi connectivity index (χ4n) is 4.51. The smallest absolute Gasteiger partial charge is 0.444 e. The summed E-state index contributed by atoms with van der Waals surface area (Å²) in [7, 11) is -5.85. The average molecular weight is 674 g/mol. The second-order valence-corrected chi connectivity index (χ2v) is 12.0. The number of allylic oxidation sites excluding steroid dienone is 2. The van der Waals surface area contributed by atoms with Crippen LogP contribution in [0.5, 0.6) is 0 Å². The molecule has 3 aromatic rings. The van der Waals surface area contributed by atoms with Crippen molar-refractivity contribution in [3.05, 3.63) is 119 Å². The number of carbonyl (C=O) groups excluding carboxylic acids is 2. The summed E-state index contributed by atoms with van der Waals surface area (Å²) in [6.45, 7) is 2.80. The normalized spacial score (nSPS) is 15.0. The lowest BCUT2D eigenvalue weighted by molar-refractivity contribution is -0.0539. The minimum absolute atomic E-state index is 0.00711. The second-order valence-electron chi connectivity index (χ2n) is 10.5. The average Bonchev–Trinajstić information content (AvgIpc) is 3.07. The van der Waals surface area contributed by atoms with Crippen molar-refractivity contribution in [2.24, 2.45) is 0 Å². The summed E-state index contributed by atoms with van der Waals surface area (Å²) in [5.41, 5.74) is -1.11. The maximum atomic E-state index is 12.5. The van der Waals surface area contributed by atoms with E-state index in [9.17, 15) is 31.2 Å². The molecular formula is C33H34F3N3O7S. The largest absolute Gasteiger partial charge is 0.534 e. The van der Waals surface area contributed by atoms with Crippen LogP contribution in [0.25, 0.3) is 5.70 Å². The Morgan fingerprint density at radius 2 is 1.32 bits per heavy atom. The number of nitrogens with zero attached hydrogens (tertiary/aromatic N) is 3. The maximum absolute atomic E-state index is 12.5. The Labute approximate surface area is 271 Å². The molecule has 2 aliphatic heterocycles. The molecule has 0 bridgehead atoms. The van der Waals surface area contributed by atoms with Gasteiger partial charge in [0.05, 0.1) is 5.70 Å². The third kappa shape index (κ3) is 10.1. The van der Waals surface area contributed by atoms with Gasteiger partial charge in [-0.3, -0.25) is 9.88 Å². The molecule has 0 unspecified atom stereocenters. The third-order valence-corrected chi connectivity index (χ3v) is 7.88. The lowest BCUT2D eigenvalue weighted by Crippen LogP contribution is -2.37. The molecule has 0 radical (unpaired) electrons. The number of aryl methyl sites for hydroxylation is 1. The van der Waals surface area contributed by atoms with Crippen LogP contribution >= 0.6 is 0 Å². The predicted molar refractivity (Wildman–Crippen MR) is 166 cm³/mol. The van der Waals surface area contributed by atoms with Gasteiger partial charge in [0.15, 0.2) is 0 Å². The van der Waals surface area contributed by atoms with Crippen molar-refractivity contribution in [1.82, 2.24) is 14.8 Å². The Morgan fingerprint density at radius 1 is 0.787 bits per heavy atom. The van der Waals surface area contributed by atoms with E-state index in [-0.39, 0.29) is 32.3 Å². The van der Waals surface area contributed by atoms with Crippen LogP contribution < -0.4 is 0 Å². The molecule has 5 rings (SSSR count). The second kappa shape index (κ2) is 16.1. The molecule has 2 aromatic carbocycles. The van der Waals surface area contributed by atoms with Gasteiger partial charge in [0, 0.05) is 30.5 Å². The number of ether oxygens (including phenoxy) is 2. The lowest BCUT2D eigenvalue weighted by Gasteiger charge is -2.28. The highest BCUT2D eigenvalue weighted by Gasteiger charge is 2.49. The number of alkyl halides is 3. The van der Waals surface area contributed by atoms with Crippen molar-refractivity contribution in [3.8, 4) is 0 Å². The van der Waals surface area contributed by atoms with E-state index in [0.29, 0.717) is 18.5 Å². The van der Waals surface area contributed by atoms with Crippen LogP contribution in [0.15, 0.2) is 97.0 Å². The van der Waals surface area contributed by atoms with Gasteiger partial charge in [-0.25, -0.2) is 14.5 Å². The van der Waals surface area contributed by atoms with Gasteiger partial charge in [-0.1, -0.05) is 66.7 Å². The lowest BCUT2D eigenvalue weighted by atomic mass is 10.1. The van der Waals surface area contributed by atoms with E-state index in [2.05, 4.69) is 15.2 Å². The molecule has 0 aliphatic carbocycles. The number of hydrogen-bond donors (Lipinski definition) is 0. The number of aromatic nitrogens is 1. The Morgan fingerprint density at radius 3 is 1.85 bits per heavy atom. The van der Waals surface area contributed by atoms with Crippen LogP contribution in [0.3, 0.4) is 0 Å². The minimum atomic E-state index is -5.85. The van der Waals surface area contributed by atoms with Crippen molar-refractivity contribution < 1.29 is 44.8 Å². The molecule has 0 atom stereocenters. The summed E-state index contributed by atoms with van der Waals surface area (Å²) >= 11 is 0. The van der Waals surface area contributed by atoms with Crippen molar-refractivity contribution in [1.29, 1.82) is 0 Å². The Hall–Kier alpha value is -4.85. The van der Waals surface area contributed by atoms with Crippen LogP contribution in [-0.2, 0) is 37.0 Å². The molecule has 47 heavy (non-hydrogen) atoms. The third-order valence-electron chi connectivity index (χ3n) is 6.92. The van der Waals surface area contributed by atoms with Gasteiger partial charge >= 0.3 is 27.8 Å². The van der Waals surface area contributed by atoms with Gasteiger partial charge in [-0.15, -0.1) is 0 Å². The standard InChI is InChI=1S/C19H20N2O2.C14H14F3NO5S/c1-15-10-11-17(13-20-15)18-9-5-6-12-21(18)19(22)23-14-16-7-3-2-4-8-16;15-14(16,17)24(20,21)23-12-8-4-5-9-18(12)13(19)22-10-11-6-2-1-3-7-11/h2-4,7-11,13H,5-6,12,14H2,1H3;1-3,6-8H,4-5,9-10H2. The maximum Gasteiger partial charge on any atom is 0.534 e. The zero-order chi connectivity index (χ0) is 33.9. The van der Waals surface area contributed by atoms with E-state index in [0.717, 1.165) is 46.3 Å². The van der Waals surface area contributed by atoms with Gasteiger partial charge in [-0.2, -0.15) is 21.6 Å². The van der Waals surface area contributed by atoms with Gasteiger partial charge < -0.3 is 13.7 Å². The molecule has 0 saturated heterocycles. The summed E-state index contributed by atoms with van der Waals surface area (Å²) in [5.74, 6) is -0.698.